The van der Waals surface area contributed by atoms with Gasteiger partial charge in [0, 0.05) is 41.1 Å². The van der Waals surface area contributed by atoms with E-state index in [0.29, 0.717) is 44.5 Å². The zero-order chi connectivity index (χ0) is 28.1. The number of nitrogens with zero attached hydrogens (tertiary/aromatic N) is 6. The van der Waals surface area contributed by atoms with Gasteiger partial charge < -0.3 is 9.30 Å². The third kappa shape index (κ3) is 5.57. The van der Waals surface area contributed by atoms with E-state index >= 15 is 0 Å². The van der Waals surface area contributed by atoms with Crippen molar-refractivity contribution in [1.82, 2.24) is 14.5 Å². The lowest BCUT2D eigenvalue weighted by Crippen LogP contribution is -2.23. The number of fused-ring (bicyclic) bond motifs is 1. The average Bonchev–Trinajstić information content (AvgIpc) is 2.92. The van der Waals surface area contributed by atoms with E-state index in [2.05, 4.69) is 16.0 Å². The molecule has 0 aliphatic carbocycles. The molecule has 8 nitrogen and oxygen atoms in total. The number of rotatable bonds is 7. The monoisotopic (exact) mass is 536 g/mol. The molecule has 3 heterocycles. The number of aliphatic imine (C=N–C) groups is 1. The van der Waals surface area contributed by atoms with Crippen LogP contribution in [0.2, 0.25) is 5.02 Å². The summed E-state index contributed by atoms with van der Waals surface area (Å²) < 4.78 is 7.70. The molecule has 4 aromatic rings. The molecule has 0 N–H and O–H groups in total. The number of benzene rings is 1. The molecule has 39 heavy (non-hydrogen) atoms. The number of halogens is 1. The lowest BCUT2D eigenvalue weighted by molar-refractivity contribution is 0.307. The van der Waals surface area contributed by atoms with Gasteiger partial charge in [0.25, 0.3) is 5.56 Å². The lowest BCUT2D eigenvalue weighted by Gasteiger charge is -2.16. The molecule has 0 unspecified atom stereocenters. The van der Waals surface area contributed by atoms with E-state index < -0.39 is 5.56 Å². The van der Waals surface area contributed by atoms with Crippen molar-refractivity contribution >= 4 is 28.2 Å². The molecule has 0 aliphatic heterocycles. The number of nitriles is 2. The van der Waals surface area contributed by atoms with Gasteiger partial charge in [0.15, 0.2) is 0 Å². The van der Waals surface area contributed by atoms with Gasteiger partial charge in [-0.3, -0.25) is 14.8 Å². The van der Waals surface area contributed by atoms with Gasteiger partial charge in [0.2, 0.25) is 0 Å². The molecule has 0 radical (unpaired) electrons. The van der Waals surface area contributed by atoms with E-state index in [4.69, 9.17) is 21.3 Å². The van der Waals surface area contributed by atoms with Crippen molar-refractivity contribution < 1.29 is 4.74 Å². The Bertz CT molecular complexity index is 1790. The number of hydrogen-bond acceptors (Lipinski definition) is 7. The zero-order valence-corrected chi connectivity index (χ0v) is 22.7. The Morgan fingerprint density at radius 3 is 2.62 bits per heavy atom. The minimum Gasteiger partial charge on any atom is -0.486 e. The zero-order valence-electron chi connectivity index (χ0n) is 22.0. The quantitative estimate of drug-likeness (QED) is 0.229. The summed E-state index contributed by atoms with van der Waals surface area (Å²) in [5, 5.41) is 20.1. The second-order valence-electron chi connectivity index (χ2n) is 8.78. The van der Waals surface area contributed by atoms with Crippen LogP contribution in [0.4, 0.5) is 0 Å². The molecule has 0 saturated carbocycles. The topological polar surface area (TPSA) is 117 Å². The Morgan fingerprint density at radius 2 is 1.92 bits per heavy atom. The molecule has 0 fully saturated rings. The number of aromatic nitrogens is 3. The Hall–Kier alpha value is -4.79. The number of para-hydroxylation sites is 1. The highest BCUT2D eigenvalue weighted by Crippen LogP contribution is 2.30. The number of aryl methyl sites for hydroxylation is 2. The summed E-state index contributed by atoms with van der Waals surface area (Å²) >= 11 is 6.63. The van der Waals surface area contributed by atoms with Gasteiger partial charge in [-0.05, 0) is 51.1 Å². The van der Waals surface area contributed by atoms with E-state index in [9.17, 15) is 15.3 Å². The van der Waals surface area contributed by atoms with Crippen molar-refractivity contribution in [2.75, 3.05) is 7.05 Å². The highest BCUT2D eigenvalue weighted by molar-refractivity contribution is 6.31. The predicted molar refractivity (Wildman–Crippen MR) is 151 cm³/mol. The van der Waals surface area contributed by atoms with Gasteiger partial charge in [-0.25, -0.2) is 4.98 Å². The fourth-order valence-corrected chi connectivity index (χ4v) is 4.69. The van der Waals surface area contributed by atoms with Gasteiger partial charge in [0.1, 0.15) is 35.6 Å². The van der Waals surface area contributed by atoms with Crippen LogP contribution in [-0.2, 0) is 13.2 Å². The number of allylic oxidation sites excluding steroid dienone is 2. The summed E-state index contributed by atoms with van der Waals surface area (Å²) in [6.07, 6.45) is 3.34. The maximum absolute atomic E-state index is 12.7. The van der Waals surface area contributed by atoms with Crippen LogP contribution in [0.5, 0.6) is 5.75 Å². The molecular formula is C30H25ClN6O2. The molecule has 0 atom stereocenters. The van der Waals surface area contributed by atoms with Crippen molar-refractivity contribution in [3.8, 4) is 17.9 Å². The maximum Gasteiger partial charge on any atom is 0.268 e. The van der Waals surface area contributed by atoms with Crippen LogP contribution in [0.3, 0.4) is 0 Å². The van der Waals surface area contributed by atoms with Crippen molar-refractivity contribution in [3.63, 3.8) is 0 Å². The third-order valence-electron chi connectivity index (χ3n) is 6.19. The Labute approximate surface area is 231 Å². The Kier molecular flexibility index (Phi) is 8.19. The maximum atomic E-state index is 12.7. The van der Waals surface area contributed by atoms with Crippen molar-refractivity contribution in [1.29, 1.82) is 10.5 Å². The van der Waals surface area contributed by atoms with E-state index in [0.717, 1.165) is 16.6 Å². The SMILES string of the molecule is C/C=C(C#N)\C(=N/C)c1cc(C)nc2c(OCc3c(Cl)cc(C)nc3Cn3cccc(C#N)c3=O)cccc12. The van der Waals surface area contributed by atoms with Crippen LogP contribution >= 0.6 is 11.6 Å². The van der Waals surface area contributed by atoms with Crippen molar-refractivity contribution in [2.45, 2.75) is 33.9 Å². The molecular weight excluding hydrogens is 512 g/mol. The molecule has 0 spiro atoms. The molecule has 3 aromatic heterocycles. The van der Waals surface area contributed by atoms with Crippen LogP contribution in [0, 0.1) is 36.5 Å². The van der Waals surface area contributed by atoms with Crippen LogP contribution in [-0.4, -0.2) is 27.3 Å². The first-order valence-corrected chi connectivity index (χ1v) is 12.5. The minimum absolute atomic E-state index is 0.0505. The molecule has 9 heteroatoms. The molecule has 0 bridgehead atoms. The molecule has 0 saturated heterocycles. The van der Waals surface area contributed by atoms with Gasteiger partial charge in [0.05, 0.1) is 28.5 Å². The summed E-state index contributed by atoms with van der Waals surface area (Å²) in [5.41, 5.74) is 4.72. The second-order valence-corrected chi connectivity index (χ2v) is 9.18. The van der Waals surface area contributed by atoms with E-state index in [1.807, 2.05) is 44.2 Å². The van der Waals surface area contributed by atoms with E-state index in [1.165, 1.54) is 10.6 Å². The summed E-state index contributed by atoms with van der Waals surface area (Å²) in [5.74, 6) is 0.526. The van der Waals surface area contributed by atoms with Gasteiger partial charge in [-0.1, -0.05) is 29.8 Å². The Balaban J connectivity index is 1.76. The van der Waals surface area contributed by atoms with Gasteiger partial charge in [-0.15, -0.1) is 0 Å². The molecule has 0 amide bonds. The summed E-state index contributed by atoms with van der Waals surface area (Å²) in [7, 11) is 1.66. The molecule has 1 aromatic carbocycles. The average molecular weight is 537 g/mol. The Morgan fingerprint density at radius 1 is 1.15 bits per heavy atom. The fraction of sp³-hybridized carbons (Fsp3) is 0.200. The highest BCUT2D eigenvalue weighted by Gasteiger charge is 2.18. The summed E-state index contributed by atoms with van der Waals surface area (Å²) in [6.45, 7) is 5.70. The molecule has 4 rings (SSSR count). The smallest absolute Gasteiger partial charge is 0.268 e. The first-order chi connectivity index (χ1) is 18.8. The van der Waals surface area contributed by atoms with Crippen LogP contribution in [0.1, 0.15) is 40.7 Å². The van der Waals surface area contributed by atoms with Crippen molar-refractivity contribution in [2.24, 2.45) is 4.99 Å². The van der Waals surface area contributed by atoms with Gasteiger partial charge >= 0.3 is 0 Å². The lowest BCUT2D eigenvalue weighted by atomic mass is 9.98. The van der Waals surface area contributed by atoms with Crippen LogP contribution < -0.4 is 10.3 Å². The number of ether oxygens (including phenoxy) is 1. The molecule has 194 valence electrons. The van der Waals surface area contributed by atoms with E-state index in [1.54, 1.807) is 38.4 Å². The minimum atomic E-state index is -0.404. The van der Waals surface area contributed by atoms with Gasteiger partial charge in [-0.2, -0.15) is 10.5 Å². The van der Waals surface area contributed by atoms with Crippen LogP contribution in [0.25, 0.3) is 10.9 Å². The summed E-state index contributed by atoms with van der Waals surface area (Å²) in [4.78, 5) is 26.4. The standard InChI is InChI=1S/C30H25ClN6O2/c1-5-20(14-32)28(34-4)23-12-18(2)36-29-22(23)9-6-10-27(29)39-17-24-25(31)13-19(3)35-26(24)16-37-11-7-8-21(15-33)30(37)38/h5-13H,16-17H2,1-4H3/b20-5-,34-28+. The second kappa shape index (κ2) is 11.7. The largest absolute Gasteiger partial charge is 0.486 e. The number of pyridine rings is 3. The van der Waals surface area contributed by atoms with Crippen LogP contribution in [0.15, 0.2) is 70.1 Å². The fourth-order valence-electron chi connectivity index (χ4n) is 4.36. The first-order valence-electron chi connectivity index (χ1n) is 12.1. The van der Waals surface area contributed by atoms with Crippen molar-refractivity contribution in [3.05, 3.63) is 109 Å². The van der Waals surface area contributed by atoms with E-state index in [-0.39, 0.29) is 18.7 Å². The first kappa shape index (κ1) is 27.3. The third-order valence-corrected chi connectivity index (χ3v) is 6.53. The predicted octanol–water partition coefficient (Wildman–Crippen LogP) is 5.45. The molecule has 0 aliphatic rings. The highest BCUT2D eigenvalue weighted by atomic mass is 35.5. The normalized spacial score (nSPS) is 11.8. The number of hydrogen-bond donors (Lipinski definition) is 0. The summed E-state index contributed by atoms with van der Waals surface area (Å²) in [6, 6.07) is 16.5.